The summed E-state index contributed by atoms with van der Waals surface area (Å²) in [6.45, 7) is 14.5. The van der Waals surface area contributed by atoms with Crippen molar-refractivity contribution in [1.82, 2.24) is 5.32 Å². The van der Waals surface area contributed by atoms with Crippen molar-refractivity contribution in [2.24, 2.45) is 5.92 Å². The van der Waals surface area contributed by atoms with Crippen LogP contribution in [0, 0.1) is 5.92 Å². The van der Waals surface area contributed by atoms with Crippen LogP contribution in [0.1, 0.15) is 67.7 Å². The van der Waals surface area contributed by atoms with Crippen LogP contribution < -0.4 is 5.32 Å². The van der Waals surface area contributed by atoms with Gasteiger partial charge >= 0.3 is 7.12 Å². The fraction of sp³-hybridized carbons (Fsp3) is 0.875. The maximum atomic E-state index is 10.1. The summed E-state index contributed by atoms with van der Waals surface area (Å²) in [7, 11) is -0.450. The molecule has 1 aliphatic rings. The fourth-order valence-corrected chi connectivity index (χ4v) is 2.19. The SMILES string of the molecule is CCCCC(O)N/C(=C\C(C)C)B1OC(C)(C)C(C)(C)O1. The lowest BCUT2D eigenvalue weighted by atomic mass is 9.82. The first-order chi connectivity index (χ1) is 9.59. The average molecular weight is 297 g/mol. The Hall–Kier alpha value is -0.515. The molecule has 0 aromatic rings. The van der Waals surface area contributed by atoms with Crippen LogP contribution in [0.15, 0.2) is 11.7 Å². The van der Waals surface area contributed by atoms with Crippen LogP contribution in [0.3, 0.4) is 0 Å². The monoisotopic (exact) mass is 297 g/mol. The van der Waals surface area contributed by atoms with Crippen molar-refractivity contribution in [1.29, 1.82) is 0 Å². The zero-order valence-electron chi connectivity index (χ0n) is 14.7. The van der Waals surface area contributed by atoms with Gasteiger partial charge in [0.15, 0.2) is 0 Å². The first kappa shape index (κ1) is 18.5. The van der Waals surface area contributed by atoms with Crippen LogP contribution in [0.2, 0.25) is 0 Å². The van der Waals surface area contributed by atoms with Crippen molar-refractivity contribution in [3.63, 3.8) is 0 Å². The van der Waals surface area contributed by atoms with Crippen LogP contribution in [0.25, 0.3) is 0 Å². The largest absolute Gasteiger partial charge is 0.511 e. The van der Waals surface area contributed by atoms with Crippen molar-refractivity contribution in [2.45, 2.75) is 85.2 Å². The molecule has 5 heteroatoms. The van der Waals surface area contributed by atoms with Gasteiger partial charge in [0, 0.05) is 5.60 Å². The van der Waals surface area contributed by atoms with E-state index in [0.29, 0.717) is 5.92 Å². The van der Waals surface area contributed by atoms with Gasteiger partial charge in [-0.15, -0.1) is 0 Å². The van der Waals surface area contributed by atoms with Crippen LogP contribution in [-0.2, 0) is 9.31 Å². The normalized spacial score (nSPS) is 22.7. The minimum atomic E-state index is -0.561. The molecule has 1 fully saturated rings. The number of hydrogen-bond acceptors (Lipinski definition) is 4. The standard InChI is InChI=1S/C16H32BNO3/c1-8-9-10-14(19)18-13(11-12(2)3)17-20-15(4,5)16(6,7)21-17/h11-12,14,18-19H,8-10H2,1-7H3/b13-11-. The molecule has 2 N–H and O–H groups in total. The van der Waals surface area contributed by atoms with Gasteiger partial charge in [-0.3, -0.25) is 0 Å². The highest BCUT2D eigenvalue weighted by molar-refractivity contribution is 6.54. The van der Waals surface area contributed by atoms with Crippen molar-refractivity contribution in [3.05, 3.63) is 11.7 Å². The topological polar surface area (TPSA) is 50.7 Å². The Balaban J connectivity index is 2.81. The molecule has 1 aliphatic heterocycles. The molecule has 122 valence electrons. The van der Waals surface area contributed by atoms with Gasteiger partial charge in [0.2, 0.25) is 0 Å². The van der Waals surface area contributed by atoms with E-state index in [4.69, 9.17) is 9.31 Å². The maximum absolute atomic E-state index is 10.1. The molecule has 21 heavy (non-hydrogen) atoms. The van der Waals surface area contributed by atoms with E-state index < -0.39 is 13.3 Å². The molecule has 1 heterocycles. The summed E-state index contributed by atoms with van der Waals surface area (Å²) < 4.78 is 12.1. The van der Waals surface area contributed by atoms with Crippen LogP contribution >= 0.6 is 0 Å². The first-order valence-electron chi connectivity index (χ1n) is 8.11. The van der Waals surface area contributed by atoms with E-state index in [0.717, 1.165) is 24.9 Å². The molecule has 0 radical (unpaired) electrons. The summed E-state index contributed by atoms with van der Waals surface area (Å²) in [6, 6.07) is 0. The molecule has 0 saturated carbocycles. The summed E-state index contributed by atoms with van der Waals surface area (Å²) in [5.41, 5.74) is 0.0837. The number of aliphatic hydroxyl groups is 1. The Bertz CT molecular complexity index is 351. The Labute approximate surface area is 130 Å². The quantitative estimate of drug-likeness (QED) is 0.559. The number of hydrogen-bond donors (Lipinski definition) is 2. The summed E-state index contributed by atoms with van der Waals surface area (Å²) in [5.74, 6) is 0.352. The van der Waals surface area contributed by atoms with E-state index in [1.165, 1.54) is 0 Å². The van der Waals surface area contributed by atoms with E-state index >= 15 is 0 Å². The van der Waals surface area contributed by atoms with Gasteiger partial charge in [0.25, 0.3) is 0 Å². The predicted molar refractivity (Wildman–Crippen MR) is 87.7 cm³/mol. The molecule has 1 atom stereocenters. The van der Waals surface area contributed by atoms with Gasteiger partial charge in [-0.2, -0.15) is 0 Å². The Morgan fingerprint density at radius 2 is 1.71 bits per heavy atom. The van der Waals surface area contributed by atoms with E-state index in [1.54, 1.807) is 0 Å². The Morgan fingerprint density at radius 3 is 2.14 bits per heavy atom. The van der Waals surface area contributed by atoms with Gasteiger partial charge in [0.05, 0.1) is 11.2 Å². The molecule has 4 nitrogen and oxygen atoms in total. The van der Waals surface area contributed by atoms with Crippen molar-refractivity contribution >= 4 is 7.12 Å². The molecule has 0 aromatic carbocycles. The van der Waals surface area contributed by atoms with Gasteiger partial charge < -0.3 is 19.7 Å². The predicted octanol–water partition coefficient (Wildman–Crippen LogP) is 3.26. The second-order valence-electron chi connectivity index (χ2n) is 7.26. The van der Waals surface area contributed by atoms with Gasteiger partial charge in [-0.1, -0.05) is 33.3 Å². The Morgan fingerprint density at radius 1 is 1.19 bits per heavy atom. The molecular weight excluding hydrogens is 265 g/mol. The molecular formula is C16H32BNO3. The van der Waals surface area contributed by atoms with E-state index in [9.17, 15) is 5.11 Å². The molecule has 0 spiro atoms. The maximum Gasteiger partial charge on any atom is 0.511 e. The lowest BCUT2D eigenvalue weighted by Gasteiger charge is -2.32. The van der Waals surface area contributed by atoms with Crippen molar-refractivity contribution in [3.8, 4) is 0 Å². The number of rotatable bonds is 7. The lowest BCUT2D eigenvalue weighted by molar-refractivity contribution is 0.00578. The zero-order valence-corrected chi connectivity index (χ0v) is 14.7. The molecule has 0 bridgehead atoms. The highest BCUT2D eigenvalue weighted by atomic mass is 16.7. The minimum Gasteiger partial charge on any atom is -0.398 e. The average Bonchev–Trinajstić information content (AvgIpc) is 2.54. The third kappa shape index (κ3) is 5.01. The highest BCUT2D eigenvalue weighted by Crippen LogP contribution is 2.38. The first-order valence-corrected chi connectivity index (χ1v) is 8.11. The molecule has 1 rings (SSSR count). The van der Waals surface area contributed by atoms with Crippen LogP contribution in [0.4, 0.5) is 0 Å². The molecule has 0 aliphatic carbocycles. The zero-order chi connectivity index (χ0) is 16.3. The minimum absolute atomic E-state index is 0.352. The second-order valence-corrected chi connectivity index (χ2v) is 7.26. The van der Waals surface area contributed by atoms with Gasteiger partial charge in [-0.25, -0.2) is 0 Å². The summed E-state index contributed by atoms with van der Waals surface area (Å²) in [4.78, 5) is 0. The number of unbranched alkanes of at least 4 members (excludes halogenated alkanes) is 1. The van der Waals surface area contributed by atoms with Crippen LogP contribution in [0.5, 0.6) is 0 Å². The Kier molecular flexibility index (Phi) is 6.32. The molecule has 1 unspecified atom stereocenters. The number of nitrogens with one attached hydrogen (secondary N) is 1. The third-order valence-electron chi connectivity index (χ3n) is 4.18. The summed E-state index contributed by atoms with van der Waals surface area (Å²) >= 11 is 0. The summed E-state index contributed by atoms with van der Waals surface area (Å²) in [6.07, 6.45) is 4.29. The fourth-order valence-electron chi connectivity index (χ4n) is 2.19. The van der Waals surface area contributed by atoms with Crippen molar-refractivity contribution in [2.75, 3.05) is 0 Å². The summed E-state index contributed by atoms with van der Waals surface area (Å²) in [5, 5.41) is 13.3. The van der Waals surface area contributed by atoms with Crippen LogP contribution in [-0.4, -0.2) is 29.7 Å². The molecule has 1 saturated heterocycles. The van der Waals surface area contributed by atoms with Gasteiger partial charge in [-0.05, 0) is 46.5 Å². The number of allylic oxidation sites excluding steroid dienone is 1. The smallest absolute Gasteiger partial charge is 0.398 e. The van der Waals surface area contributed by atoms with E-state index in [-0.39, 0.29) is 11.2 Å². The third-order valence-corrected chi connectivity index (χ3v) is 4.18. The van der Waals surface area contributed by atoms with E-state index in [2.05, 4.69) is 32.2 Å². The second kappa shape index (κ2) is 7.16. The van der Waals surface area contributed by atoms with Crippen molar-refractivity contribution < 1.29 is 14.4 Å². The highest BCUT2D eigenvalue weighted by Gasteiger charge is 2.52. The molecule has 0 amide bonds. The molecule has 0 aromatic heterocycles. The van der Waals surface area contributed by atoms with E-state index in [1.807, 2.05) is 27.7 Å². The number of aliphatic hydroxyl groups excluding tert-OH is 1. The van der Waals surface area contributed by atoms with Gasteiger partial charge in [0.1, 0.15) is 6.23 Å². The lowest BCUT2D eigenvalue weighted by Crippen LogP contribution is -2.41.